The van der Waals surface area contributed by atoms with Crippen LogP contribution < -0.4 is 0 Å². The van der Waals surface area contributed by atoms with E-state index in [4.69, 9.17) is 11.2 Å². The summed E-state index contributed by atoms with van der Waals surface area (Å²) in [5.41, 5.74) is -0.390. The Kier molecular flexibility index (Phi) is 2.14. The molecule has 0 N–H and O–H groups in total. The van der Waals surface area contributed by atoms with Gasteiger partial charge >= 0.3 is 5.97 Å². The van der Waals surface area contributed by atoms with Crippen molar-refractivity contribution < 1.29 is 9.53 Å². The van der Waals surface area contributed by atoms with E-state index >= 15 is 0 Å². The molecular formula is C10H14O2. The lowest BCUT2D eigenvalue weighted by Crippen LogP contribution is -2.25. The maximum atomic E-state index is 11.3. The normalized spacial score (nSPS) is 27.5. The largest absolute Gasteiger partial charge is 0.460 e. The predicted octanol–water partition coefficient (Wildman–Crippen LogP) is 1.60. The van der Waals surface area contributed by atoms with Gasteiger partial charge in [-0.15, -0.1) is 12.3 Å². The summed E-state index contributed by atoms with van der Waals surface area (Å²) >= 11 is 0. The number of terminal acetylenes is 1. The first-order chi connectivity index (χ1) is 5.44. The van der Waals surface area contributed by atoms with Crippen LogP contribution in [0.2, 0.25) is 0 Å². The van der Waals surface area contributed by atoms with Crippen molar-refractivity contribution in [2.24, 2.45) is 11.8 Å². The molecule has 66 valence electrons. The minimum absolute atomic E-state index is 0.0331. The van der Waals surface area contributed by atoms with Crippen molar-refractivity contribution in [3.05, 3.63) is 0 Å². The Bertz CT molecular complexity index is 229. The summed E-state index contributed by atoms with van der Waals surface area (Å²) in [6, 6.07) is 0. The second-order valence-corrected chi connectivity index (χ2v) is 4.15. The summed E-state index contributed by atoms with van der Waals surface area (Å²) in [5, 5.41) is 0. The molecule has 2 nitrogen and oxygen atoms in total. The Hall–Kier alpha value is -0.970. The highest BCUT2D eigenvalue weighted by Crippen LogP contribution is 2.39. The molecule has 2 heteroatoms. The molecular weight excluding hydrogens is 152 g/mol. The molecule has 0 saturated heterocycles. The molecule has 0 aliphatic heterocycles. The third-order valence-corrected chi connectivity index (χ3v) is 1.71. The first-order valence-electron chi connectivity index (χ1n) is 4.13. The van der Waals surface area contributed by atoms with Crippen LogP contribution in [0.15, 0.2) is 0 Å². The number of ether oxygens (including phenoxy) is 1. The third-order valence-electron chi connectivity index (χ3n) is 1.71. The quantitative estimate of drug-likeness (QED) is 0.437. The number of esters is 1. The van der Waals surface area contributed by atoms with Gasteiger partial charge < -0.3 is 4.74 Å². The predicted molar refractivity (Wildman–Crippen MR) is 46.3 cm³/mol. The second-order valence-electron chi connectivity index (χ2n) is 4.15. The van der Waals surface area contributed by atoms with Gasteiger partial charge in [-0.1, -0.05) is 0 Å². The zero-order chi connectivity index (χ0) is 9.35. The van der Waals surface area contributed by atoms with Crippen molar-refractivity contribution in [1.82, 2.24) is 0 Å². The molecule has 0 heterocycles. The van der Waals surface area contributed by atoms with Gasteiger partial charge in [0.1, 0.15) is 5.60 Å². The standard InChI is InChI=1S/C10H14O2/c1-5-7-6-8(7)9(11)12-10(2,3)4/h1,7-8H,6H2,2-4H3/t7-,8-/m1/s1. The van der Waals surface area contributed by atoms with E-state index in [0.29, 0.717) is 0 Å². The first-order valence-corrected chi connectivity index (χ1v) is 4.13. The highest BCUT2D eigenvalue weighted by molar-refractivity contribution is 5.76. The topological polar surface area (TPSA) is 26.3 Å². The molecule has 2 atom stereocenters. The van der Waals surface area contributed by atoms with Crippen molar-refractivity contribution in [2.75, 3.05) is 0 Å². The molecule has 12 heavy (non-hydrogen) atoms. The summed E-state index contributed by atoms with van der Waals surface area (Å²) in [5.74, 6) is 2.50. The summed E-state index contributed by atoms with van der Waals surface area (Å²) < 4.78 is 5.16. The lowest BCUT2D eigenvalue weighted by molar-refractivity contribution is -0.156. The summed E-state index contributed by atoms with van der Waals surface area (Å²) in [4.78, 5) is 11.3. The smallest absolute Gasteiger partial charge is 0.310 e. The fraction of sp³-hybridized carbons (Fsp3) is 0.700. The maximum absolute atomic E-state index is 11.3. The van der Waals surface area contributed by atoms with Gasteiger partial charge in [0.2, 0.25) is 0 Å². The SMILES string of the molecule is C#C[C@@H]1C[C@H]1C(=O)OC(C)(C)C. The summed E-state index contributed by atoms with van der Waals surface area (Å²) in [6.07, 6.45) is 5.97. The van der Waals surface area contributed by atoms with Crippen LogP contribution in [0, 0.1) is 24.2 Å². The Morgan fingerprint density at radius 1 is 1.58 bits per heavy atom. The van der Waals surface area contributed by atoms with E-state index in [9.17, 15) is 4.79 Å². The van der Waals surface area contributed by atoms with E-state index in [0.717, 1.165) is 6.42 Å². The average Bonchev–Trinajstić information content (AvgIpc) is 2.60. The zero-order valence-electron chi connectivity index (χ0n) is 7.76. The Labute approximate surface area is 73.3 Å². The van der Waals surface area contributed by atoms with Crippen molar-refractivity contribution >= 4 is 5.97 Å². The van der Waals surface area contributed by atoms with Crippen LogP contribution in [0.1, 0.15) is 27.2 Å². The molecule has 0 amide bonds. The van der Waals surface area contributed by atoms with Crippen molar-refractivity contribution in [1.29, 1.82) is 0 Å². The van der Waals surface area contributed by atoms with Crippen molar-refractivity contribution in [3.8, 4) is 12.3 Å². The van der Waals surface area contributed by atoms with Crippen LogP contribution in [0.4, 0.5) is 0 Å². The van der Waals surface area contributed by atoms with Gasteiger partial charge in [0.25, 0.3) is 0 Å². The molecule has 0 unspecified atom stereocenters. The highest BCUT2D eigenvalue weighted by atomic mass is 16.6. The molecule has 0 aromatic rings. The van der Waals surface area contributed by atoms with Crippen LogP contribution in [0.3, 0.4) is 0 Å². The molecule has 1 aliphatic carbocycles. The molecule has 0 bridgehead atoms. The lowest BCUT2D eigenvalue weighted by atomic mass is 10.2. The Morgan fingerprint density at radius 2 is 2.17 bits per heavy atom. The highest BCUT2D eigenvalue weighted by Gasteiger charge is 2.44. The van der Waals surface area contributed by atoms with Gasteiger partial charge in [-0.3, -0.25) is 4.79 Å². The van der Waals surface area contributed by atoms with Gasteiger partial charge in [0.05, 0.1) is 5.92 Å². The van der Waals surface area contributed by atoms with E-state index < -0.39 is 5.60 Å². The van der Waals surface area contributed by atoms with E-state index in [1.54, 1.807) is 0 Å². The third kappa shape index (κ3) is 2.27. The molecule has 0 radical (unpaired) electrons. The molecule has 0 aromatic heterocycles. The minimum Gasteiger partial charge on any atom is -0.460 e. The number of hydrogen-bond acceptors (Lipinski definition) is 2. The molecule has 1 rings (SSSR count). The van der Waals surface area contributed by atoms with Gasteiger partial charge in [-0.2, -0.15) is 0 Å². The Morgan fingerprint density at radius 3 is 2.50 bits per heavy atom. The summed E-state index contributed by atoms with van der Waals surface area (Å²) in [7, 11) is 0. The van der Waals surface area contributed by atoms with Gasteiger partial charge in [-0.05, 0) is 27.2 Å². The van der Waals surface area contributed by atoms with Crippen LogP contribution in [-0.2, 0) is 9.53 Å². The fourth-order valence-corrected chi connectivity index (χ4v) is 1.02. The second kappa shape index (κ2) is 2.82. The van der Waals surface area contributed by atoms with Gasteiger partial charge in [0.15, 0.2) is 0 Å². The van der Waals surface area contributed by atoms with Crippen LogP contribution in [0.25, 0.3) is 0 Å². The molecule has 1 fully saturated rings. The molecule has 1 saturated carbocycles. The number of hydrogen-bond donors (Lipinski definition) is 0. The van der Waals surface area contributed by atoms with Gasteiger partial charge in [0, 0.05) is 5.92 Å². The number of carbonyl (C=O) groups excluding carboxylic acids is 1. The maximum Gasteiger partial charge on any atom is 0.310 e. The van der Waals surface area contributed by atoms with Crippen LogP contribution in [-0.4, -0.2) is 11.6 Å². The monoisotopic (exact) mass is 166 g/mol. The number of carbonyl (C=O) groups is 1. The van der Waals surface area contributed by atoms with Gasteiger partial charge in [-0.25, -0.2) is 0 Å². The average molecular weight is 166 g/mol. The van der Waals surface area contributed by atoms with E-state index in [-0.39, 0.29) is 17.8 Å². The summed E-state index contributed by atoms with van der Waals surface area (Å²) in [6.45, 7) is 5.58. The molecule has 0 aromatic carbocycles. The zero-order valence-corrected chi connectivity index (χ0v) is 7.76. The van der Waals surface area contributed by atoms with E-state index in [1.807, 2.05) is 20.8 Å². The van der Waals surface area contributed by atoms with Crippen molar-refractivity contribution in [2.45, 2.75) is 32.8 Å². The fourth-order valence-electron chi connectivity index (χ4n) is 1.02. The van der Waals surface area contributed by atoms with Crippen molar-refractivity contribution in [3.63, 3.8) is 0 Å². The Balaban J connectivity index is 2.38. The first kappa shape index (κ1) is 9.12. The minimum atomic E-state index is -0.390. The van der Waals surface area contributed by atoms with Crippen LogP contribution in [0.5, 0.6) is 0 Å². The molecule has 0 spiro atoms. The van der Waals surface area contributed by atoms with E-state index in [1.165, 1.54) is 0 Å². The van der Waals surface area contributed by atoms with E-state index in [2.05, 4.69) is 5.92 Å². The lowest BCUT2D eigenvalue weighted by Gasteiger charge is -2.19. The van der Waals surface area contributed by atoms with Crippen LogP contribution >= 0.6 is 0 Å². The molecule has 1 aliphatic rings. The number of rotatable bonds is 1.